The number of carbonyl (C=O) groups is 1. The average Bonchev–Trinajstić information content (AvgIpc) is 3.05. The van der Waals surface area contributed by atoms with Crippen molar-refractivity contribution in [3.8, 4) is 17.1 Å². The van der Waals surface area contributed by atoms with Crippen LogP contribution in [0.1, 0.15) is 0 Å². The molecule has 8 heteroatoms. The van der Waals surface area contributed by atoms with E-state index >= 15 is 0 Å². The first-order chi connectivity index (χ1) is 11.7. The van der Waals surface area contributed by atoms with E-state index in [0.29, 0.717) is 11.0 Å². The van der Waals surface area contributed by atoms with E-state index in [1.807, 2.05) is 59.2 Å². The van der Waals surface area contributed by atoms with E-state index in [4.69, 9.17) is 5.84 Å². The van der Waals surface area contributed by atoms with Gasteiger partial charge in [0.1, 0.15) is 0 Å². The molecule has 2 aromatic carbocycles. The second-order valence-electron chi connectivity index (χ2n) is 4.84. The maximum atomic E-state index is 11.4. The zero-order valence-electron chi connectivity index (χ0n) is 12.5. The molecule has 0 fully saturated rings. The molecule has 0 unspecified atom stereocenters. The molecule has 0 radical (unpaired) electrons. The molecule has 0 bridgehead atoms. The largest absolute Gasteiger partial charge is 0.294 e. The number of hydrogen-bond donors (Lipinski definition) is 2. The zero-order chi connectivity index (χ0) is 16.9. The Bertz CT molecular complexity index is 835. The molecule has 6 nitrogen and oxygen atoms in total. The van der Waals surface area contributed by atoms with Crippen LogP contribution in [0.5, 0.6) is 0 Å². The molecule has 0 aliphatic carbocycles. The Morgan fingerprint density at radius 2 is 1.83 bits per heavy atom. The SMILES string of the molecule is NNC(=O)CSc1nnc(-c2ccc(Br)cc2)n1-c1ccccc1. The van der Waals surface area contributed by atoms with Gasteiger partial charge in [0.25, 0.3) is 0 Å². The van der Waals surface area contributed by atoms with Crippen molar-refractivity contribution in [2.45, 2.75) is 5.16 Å². The fourth-order valence-electron chi connectivity index (χ4n) is 2.13. The Balaban J connectivity index is 2.04. The van der Waals surface area contributed by atoms with Crippen molar-refractivity contribution in [2.75, 3.05) is 5.75 Å². The standard InChI is InChI=1S/C16H14BrN5OS/c17-12-8-6-11(7-9-12)15-20-21-16(24-10-14(23)19-18)22(15)13-4-2-1-3-5-13/h1-9H,10,18H2,(H,19,23). The van der Waals surface area contributed by atoms with Crippen LogP contribution < -0.4 is 11.3 Å². The van der Waals surface area contributed by atoms with Crippen molar-refractivity contribution in [1.29, 1.82) is 0 Å². The molecule has 0 saturated carbocycles. The third-order valence-corrected chi connectivity index (χ3v) is 4.70. The van der Waals surface area contributed by atoms with Gasteiger partial charge in [0.15, 0.2) is 11.0 Å². The summed E-state index contributed by atoms with van der Waals surface area (Å²) in [5.41, 5.74) is 3.98. The first kappa shape index (κ1) is 16.7. The summed E-state index contributed by atoms with van der Waals surface area (Å²) >= 11 is 4.71. The van der Waals surface area contributed by atoms with Gasteiger partial charge in [-0.25, -0.2) is 5.84 Å². The lowest BCUT2D eigenvalue weighted by Crippen LogP contribution is -2.31. The third-order valence-electron chi connectivity index (χ3n) is 3.24. The van der Waals surface area contributed by atoms with Crippen LogP contribution in [0.3, 0.4) is 0 Å². The van der Waals surface area contributed by atoms with Crippen molar-refractivity contribution >= 4 is 33.6 Å². The smallest absolute Gasteiger partial charge is 0.244 e. The highest BCUT2D eigenvalue weighted by Gasteiger charge is 2.16. The number of halogens is 1. The molecule has 3 rings (SSSR count). The molecule has 0 saturated heterocycles. The summed E-state index contributed by atoms with van der Waals surface area (Å²) in [6, 6.07) is 17.6. The normalized spacial score (nSPS) is 10.6. The van der Waals surface area contributed by atoms with Crippen molar-refractivity contribution in [1.82, 2.24) is 20.2 Å². The molecule has 122 valence electrons. The molecule has 1 heterocycles. The van der Waals surface area contributed by atoms with Crippen molar-refractivity contribution < 1.29 is 4.79 Å². The molecule has 24 heavy (non-hydrogen) atoms. The molecule has 0 spiro atoms. The number of rotatable bonds is 5. The Morgan fingerprint density at radius 1 is 1.12 bits per heavy atom. The van der Waals surface area contributed by atoms with E-state index in [2.05, 4.69) is 31.6 Å². The zero-order valence-corrected chi connectivity index (χ0v) is 14.9. The number of hydrogen-bond acceptors (Lipinski definition) is 5. The monoisotopic (exact) mass is 403 g/mol. The maximum Gasteiger partial charge on any atom is 0.244 e. The minimum absolute atomic E-state index is 0.168. The molecule has 0 aliphatic rings. The molecular formula is C16H14BrN5OS. The summed E-state index contributed by atoms with van der Waals surface area (Å²) in [5, 5.41) is 9.18. The molecule has 1 amide bonds. The number of thioether (sulfide) groups is 1. The van der Waals surface area contributed by atoms with Crippen molar-refractivity contribution in [3.63, 3.8) is 0 Å². The number of nitrogens with zero attached hydrogens (tertiary/aromatic N) is 3. The van der Waals surface area contributed by atoms with Gasteiger partial charge in [-0.15, -0.1) is 10.2 Å². The third kappa shape index (κ3) is 3.66. The number of para-hydroxylation sites is 1. The molecule has 3 aromatic rings. The highest BCUT2D eigenvalue weighted by atomic mass is 79.9. The number of nitrogens with one attached hydrogen (secondary N) is 1. The number of carbonyl (C=O) groups excluding carboxylic acids is 1. The van der Waals surface area contributed by atoms with Crippen LogP contribution in [-0.2, 0) is 4.79 Å². The van der Waals surface area contributed by atoms with Crippen molar-refractivity contribution in [3.05, 3.63) is 59.1 Å². The van der Waals surface area contributed by atoms with Crippen LogP contribution in [0, 0.1) is 0 Å². The lowest BCUT2D eigenvalue weighted by molar-refractivity contribution is -0.118. The average molecular weight is 404 g/mol. The van der Waals surface area contributed by atoms with Crippen molar-refractivity contribution in [2.24, 2.45) is 5.84 Å². The summed E-state index contributed by atoms with van der Waals surface area (Å²) in [4.78, 5) is 11.4. The predicted octanol–water partition coefficient (Wildman–Crippen LogP) is 2.78. The van der Waals surface area contributed by atoms with Gasteiger partial charge in [-0.3, -0.25) is 14.8 Å². The molecule has 0 aliphatic heterocycles. The first-order valence-electron chi connectivity index (χ1n) is 7.08. The number of hydrazine groups is 1. The van der Waals surface area contributed by atoms with Crippen LogP contribution in [0.25, 0.3) is 17.1 Å². The van der Waals surface area contributed by atoms with E-state index < -0.39 is 0 Å². The second-order valence-corrected chi connectivity index (χ2v) is 6.70. The van der Waals surface area contributed by atoms with Gasteiger partial charge in [-0.2, -0.15) is 0 Å². The maximum absolute atomic E-state index is 11.4. The van der Waals surface area contributed by atoms with E-state index in [9.17, 15) is 4.79 Å². The minimum atomic E-state index is -0.271. The number of amides is 1. The van der Waals surface area contributed by atoms with E-state index in [-0.39, 0.29) is 11.7 Å². The van der Waals surface area contributed by atoms with E-state index in [1.165, 1.54) is 11.8 Å². The molecule has 3 N–H and O–H groups in total. The summed E-state index contributed by atoms with van der Waals surface area (Å²) < 4.78 is 2.92. The van der Waals surface area contributed by atoms with Crippen LogP contribution in [0.2, 0.25) is 0 Å². The molecular weight excluding hydrogens is 390 g/mol. The Labute approximate surface area is 151 Å². The second kappa shape index (κ2) is 7.61. The first-order valence-corrected chi connectivity index (χ1v) is 8.86. The van der Waals surface area contributed by atoms with E-state index in [1.54, 1.807) is 0 Å². The summed E-state index contributed by atoms with van der Waals surface area (Å²) in [5.74, 6) is 5.75. The lowest BCUT2D eigenvalue weighted by atomic mass is 10.2. The van der Waals surface area contributed by atoms with Gasteiger partial charge in [-0.05, 0) is 24.3 Å². The van der Waals surface area contributed by atoms with Gasteiger partial charge >= 0.3 is 0 Å². The lowest BCUT2D eigenvalue weighted by Gasteiger charge is -2.10. The Kier molecular flexibility index (Phi) is 5.29. The van der Waals surface area contributed by atoms with Gasteiger partial charge in [0.05, 0.1) is 5.75 Å². The fraction of sp³-hybridized carbons (Fsp3) is 0.0625. The van der Waals surface area contributed by atoms with Crippen LogP contribution in [0.15, 0.2) is 64.2 Å². The fourth-order valence-corrected chi connectivity index (χ4v) is 3.16. The van der Waals surface area contributed by atoms with Crippen LogP contribution >= 0.6 is 27.7 Å². The summed E-state index contributed by atoms with van der Waals surface area (Å²) in [6.45, 7) is 0. The quantitative estimate of drug-likeness (QED) is 0.296. The van der Waals surface area contributed by atoms with Gasteiger partial charge in [0.2, 0.25) is 5.91 Å². The number of benzene rings is 2. The van der Waals surface area contributed by atoms with Crippen LogP contribution in [-0.4, -0.2) is 26.4 Å². The van der Waals surface area contributed by atoms with Gasteiger partial charge < -0.3 is 0 Å². The van der Waals surface area contributed by atoms with Crippen LogP contribution in [0.4, 0.5) is 0 Å². The highest BCUT2D eigenvalue weighted by Crippen LogP contribution is 2.28. The highest BCUT2D eigenvalue weighted by molar-refractivity contribution is 9.10. The number of nitrogens with two attached hydrogens (primary N) is 1. The van der Waals surface area contributed by atoms with Gasteiger partial charge in [0, 0.05) is 15.7 Å². The predicted molar refractivity (Wildman–Crippen MR) is 97.5 cm³/mol. The topological polar surface area (TPSA) is 85.8 Å². The Morgan fingerprint density at radius 3 is 2.50 bits per heavy atom. The number of aromatic nitrogens is 3. The molecule has 1 aromatic heterocycles. The molecule has 0 atom stereocenters. The Hall–Kier alpha value is -2.16. The summed E-state index contributed by atoms with van der Waals surface area (Å²) in [7, 11) is 0. The van der Waals surface area contributed by atoms with E-state index in [0.717, 1.165) is 15.7 Å². The summed E-state index contributed by atoms with van der Waals surface area (Å²) in [6.07, 6.45) is 0. The minimum Gasteiger partial charge on any atom is -0.294 e. The van der Waals surface area contributed by atoms with Gasteiger partial charge in [-0.1, -0.05) is 58.0 Å².